The quantitative estimate of drug-likeness (QED) is 0.307. The SMILES string of the molecule is COCc1ccc(C(=O)N[C@H](Cc2ccccc2)c2nnc(SCc3ccc(OC)cc3)n2C)o1. The van der Waals surface area contributed by atoms with Gasteiger partial charge < -0.3 is 23.8 Å². The minimum atomic E-state index is -0.395. The van der Waals surface area contributed by atoms with Crippen LogP contribution in [0.3, 0.4) is 0 Å². The molecule has 0 bridgehead atoms. The molecule has 1 atom stereocenters. The van der Waals surface area contributed by atoms with E-state index in [0.717, 1.165) is 27.8 Å². The third kappa shape index (κ3) is 6.32. The van der Waals surface area contributed by atoms with Crippen molar-refractivity contribution in [2.45, 2.75) is 30.0 Å². The van der Waals surface area contributed by atoms with E-state index < -0.39 is 6.04 Å². The first-order valence-electron chi connectivity index (χ1n) is 11.1. The maximum Gasteiger partial charge on any atom is 0.287 e. The third-order valence-corrected chi connectivity index (χ3v) is 6.56. The number of benzene rings is 2. The van der Waals surface area contributed by atoms with Crippen molar-refractivity contribution in [3.63, 3.8) is 0 Å². The predicted molar refractivity (Wildman–Crippen MR) is 133 cm³/mol. The smallest absolute Gasteiger partial charge is 0.287 e. The maximum atomic E-state index is 13.0. The second kappa shape index (κ2) is 11.7. The Bertz CT molecular complexity index is 1240. The van der Waals surface area contributed by atoms with Gasteiger partial charge in [0.25, 0.3) is 5.91 Å². The fourth-order valence-electron chi connectivity index (χ4n) is 3.63. The van der Waals surface area contributed by atoms with Crippen LogP contribution < -0.4 is 10.1 Å². The van der Waals surface area contributed by atoms with Gasteiger partial charge in [-0.3, -0.25) is 4.79 Å². The first kappa shape index (κ1) is 24.6. The van der Waals surface area contributed by atoms with E-state index in [1.54, 1.807) is 38.1 Å². The van der Waals surface area contributed by atoms with Crippen LogP contribution in [-0.2, 0) is 30.6 Å². The number of thioether (sulfide) groups is 1. The number of carbonyl (C=O) groups is 1. The molecule has 1 amide bonds. The summed E-state index contributed by atoms with van der Waals surface area (Å²) in [6, 6.07) is 20.9. The average molecular weight is 493 g/mol. The fraction of sp³-hybridized carbons (Fsp3) is 0.269. The Labute approximate surface area is 208 Å². The van der Waals surface area contributed by atoms with Crippen LogP contribution >= 0.6 is 11.8 Å². The number of carbonyl (C=O) groups excluding carboxylic acids is 1. The fourth-order valence-corrected chi connectivity index (χ4v) is 4.50. The molecule has 0 fully saturated rings. The van der Waals surface area contributed by atoms with Gasteiger partial charge in [0.2, 0.25) is 0 Å². The zero-order valence-electron chi connectivity index (χ0n) is 19.9. The predicted octanol–water partition coefficient (Wildman–Crippen LogP) is 4.57. The molecule has 9 heteroatoms. The number of furan rings is 1. The van der Waals surface area contributed by atoms with Gasteiger partial charge in [-0.25, -0.2) is 0 Å². The molecule has 0 radical (unpaired) electrons. The molecule has 0 saturated carbocycles. The van der Waals surface area contributed by atoms with E-state index in [9.17, 15) is 4.79 Å². The van der Waals surface area contributed by atoms with E-state index in [1.165, 1.54) is 0 Å². The maximum absolute atomic E-state index is 13.0. The minimum absolute atomic E-state index is 0.228. The van der Waals surface area contributed by atoms with E-state index in [-0.39, 0.29) is 11.7 Å². The number of rotatable bonds is 11. The van der Waals surface area contributed by atoms with Crippen molar-refractivity contribution in [1.29, 1.82) is 0 Å². The zero-order valence-corrected chi connectivity index (χ0v) is 20.7. The summed E-state index contributed by atoms with van der Waals surface area (Å²) in [6.45, 7) is 0.304. The molecule has 0 aliphatic rings. The van der Waals surface area contributed by atoms with Crippen LogP contribution in [0.1, 0.15) is 39.3 Å². The van der Waals surface area contributed by atoms with E-state index in [1.807, 2.05) is 66.2 Å². The normalized spacial score (nSPS) is 11.9. The van der Waals surface area contributed by atoms with Gasteiger partial charge in [-0.05, 0) is 41.8 Å². The first-order chi connectivity index (χ1) is 17.1. The Morgan fingerprint density at radius 1 is 1.03 bits per heavy atom. The summed E-state index contributed by atoms with van der Waals surface area (Å²) in [5.41, 5.74) is 2.23. The molecule has 0 spiro atoms. The summed E-state index contributed by atoms with van der Waals surface area (Å²) in [7, 11) is 5.15. The lowest BCUT2D eigenvalue weighted by molar-refractivity contribution is 0.0897. The molecule has 4 rings (SSSR count). The lowest BCUT2D eigenvalue weighted by Gasteiger charge is -2.18. The summed E-state index contributed by atoms with van der Waals surface area (Å²) in [6.07, 6.45) is 0.563. The first-order valence-corrected chi connectivity index (χ1v) is 12.1. The van der Waals surface area contributed by atoms with Crippen molar-refractivity contribution in [1.82, 2.24) is 20.1 Å². The lowest BCUT2D eigenvalue weighted by atomic mass is 10.1. The van der Waals surface area contributed by atoms with E-state index in [2.05, 4.69) is 15.5 Å². The highest BCUT2D eigenvalue weighted by Crippen LogP contribution is 2.26. The molecule has 0 aliphatic carbocycles. The number of hydrogen-bond acceptors (Lipinski definition) is 7. The van der Waals surface area contributed by atoms with Crippen molar-refractivity contribution in [2.24, 2.45) is 7.05 Å². The molecule has 35 heavy (non-hydrogen) atoms. The van der Waals surface area contributed by atoms with Crippen LogP contribution in [0.5, 0.6) is 5.75 Å². The Morgan fingerprint density at radius 2 is 1.80 bits per heavy atom. The number of hydrogen-bond donors (Lipinski definition) is 1. The van der Waals surface area contributed by atoms with Gasteiger partial charge in [-0.15, -0.1) is 10.2 Å². The highest BCUT2D eigenvalue weighted by Gasteiger charge is 2.24. The van der Waals surface area contributed by atoms with Gasteiger partial charge in [-0.2, -0.15) is 0 Å². The van der Waals surface area contributed by atoms with Crippen molar-refractivity contribution in [3.05, 3.63) is 95.2 Å². The molecular formula is C26H28N4O4S. The van der Waals surface area contributed by atoms with Crippen LogP contribution in [0.25, 0.3) is 0 Å². The van der Waals surface area contributed by atoms with Crippen LogP contribution in [0.15, 0.2) is 76.3 Å². The summed E-state index contributed by atoms with van der Waals surface area (Å²) in [5.74, 6) is 2.73. The Balaban J connectivity index is 1.52. The van der Waals surface area contributed by atoms with Crippen LogP contribution in [0.4, 0.5) is 0 Å². The van der Waals surface area contributed by atoms with E-state index in [4.69, 9.17) is 13.9 Å². The standard InChI is InChI=1S/C26H28N4O4S/c1-30-24(28-29-26(30)35-17-19-9-11-20(33-3)12-10-19)22(15-18-7-5-4-6-8-18)27-25(31)23-14-13-21(34-23)16-32-2/h4-14,22H,15-17H2,1-3H3,(H,27,31)/t22-/m1/s1. The third-order valence-electron chi connectivity index (χ3n) is 5.47. The number of nitrogens with zero attached hydrogens (tertiary/aromatic N) is 3. The van der Waals surface area contributed by atoms with Crippen LogP contribution in [0, 0.1) is 0 Å². The molecule has 2 aromatic heterocycles. The molecule has 0 saturated heterocycles. The molecule has 8 nitrogen and oxygen atoms in total. The van der Waals surface area contributed by atoms with Crippen molar-refractivity contribution >= 4 is 17.7 Å². The van der Waals surface area contributed by atoms with Gasteiger partial charge in [0, 0.05) is 19.9 Å². The van der Waals surface area contributed by atoms with Gasteiger partial charge in [0.1, 0.15) is 18.1 Å². The molecule has 2 aromatic carbocycles. The number of nitrogens with one attached hydrogen (secondary N) is 1. The molecule has 0 aliphatic heterocycles. The summed E-state index contributed by atoms with van der Waals surface area (Å²) < 4.78 is 17.9. The van der Waals surface area contributed by atoms with Crippen molar-refractivity contribution in [3.8, 4) is 5.75 Å². The van der Waals surface area contributed by atoms with Gasteiger partial charge in [0.05, 0.1) is 13.2 Å². The highest BCUT2D eigenvalue weighted by molar-refractivity contribution is 7.98. The molecule has 2 heterocycles. The topological polar surface area (TPSA) is 91.4 Å². The zero-order chi connectivity index (χ0) is 24.6. The van der Waals surface area contributed by atoms with Gasteiger partial charge in [-0.1, -0.05) is 54.2 Å². The minimum Gasteiger partial charge on any atom is -0.497 e. The van der Waals surface area contributed by atoms with Crippen LogP contribution in [0.2, 0.25) is 0 Å². The Kier molecular flexibility index (Phi) is 8.23. The van der Waals surface area contributed by atoms with E-state index in [0.29, 0.717) is 24.6 Å². The second-order valence-corrected chi connectivity index (χ2v) is 8.89. The Hall–Kier alpha value is -3.56. The van der Waals surface area contributed by atoms with Gasteiger partial charge >= 0.3 is 0 Å². The number of aromatic nitrogens is 3. The summed E-state index contributed by atoms with van der Waals surface area (Å²) in [5, 5.41) is 12.7. The number of ether oxygens (including phenoxy) is 2. The molecule has 1 N–H and O–H groups in total. The van der Waals surface area contributed by atoms with E-state index >= 15 is 0 Å². The highest BCUT2D eigenvalue weighted by atomic mass is 32.2. The van der Waals surface area contributed by atoms with Crippen molar-refractivity contribution < 1.29 is 18.7 Å². The monoisotopic (exact) mass is 492 g/mol. The van der Waals surface area contributed by atoms with Crippen molar-refractivity contribution in [2.75, 3.05) is 14.2 Å². The summed E-state index contributed by atoms with van der Waals surface area (Å²) in [4.78, 5) is 13.0. The number of methoxy groups -OCH3 is 2. The molecule has 182 valence electrons. The average Bonchev–Trinajstić information content (AvgIpc) is 3.50. The molecule has 4 aromatic rings. The molecular weight excluding hydrogens is 464 g/mol. The Morgan fingerprint density at radius 3 is 2.51 bits per heavy atom. The second-order valence-electron chi connectivity index (χ2n) is 7.95. The lowest BCUT2D eigenvalue weighted by Crippen LogP contribution is -2.31. The van der Waals surface area contributed by atoms with Gasteiger partial charge in [0.15, 0.2) is 16.7 Å². The summed E-state index contributed by atoms with van der Waals surface area (Å²) >= 11 is 1.59. The van der Waals surface area contributed by atoms with Crippen LogP contribution in [-0.4, -0.2) is 34.9 Å². The number of amides is 1. The largest absolute Gasteiger partial charge is 0.497 e. The molecule has 0 unspecified atom stereocenters.